The van der Waals surface area contributed by atoms with Crippen molar-refractivity contribution in [2.45, 2.75) is 19.8 Å². The van der Waals surface area contributed by atoms with Crippen molar-refractivity contribution in [2.75, 3.05) is 0 Å². The number of rotatable bonds is 2. The molecule has 2 heterocycles. The summed E-state index contributed by atoms with van der Waals surface area (Å²) in [6.07, 6.45) is 0. The Morgan fingerprint density at radius 1 is 0.840 bits per heavy atom. The van der Waals surface area contributed by atoms with Crippen LogP contribution in [0.4, 0.5) is 0 Å². The fraction of sp³-hybridized carbons (Fsp3) is 0.143. The number of hydrogen-bond donors (Lipinski definition) is 0. The zero-order chi connectivity index (χ0) is 17.6. The number of benzene rings is 2. The Kier molecular flexibility index (Phi) is 4.10. The second-order valence-electron chi connectivity index (χ2n) is 6.44. The molecule has 2 aromatic heterocycles. The Bertz CT molecular complexity index is 1100. The molecule has 0 saturated carbocycles. The predicted molar refractivity (Wildman–Crippen MR) is 107 cm³/mol. The summed E-state index contributed by atoms with van der Waals surface area (Å²) in [4.78, 5) is 9.04. The maximum atomic E-state index is 6.49. The van der Waals surface area contributed by atoms with E-state index in [0.717, 1.165) is 32.9 Å². The lowest BCUT2D eigenvalue weighted by Gasteiger charge is -2.14. The van der Waals surface area contributed by atoms with E-state index in [1.807, 2.05) is 42.5 Å². The zero-order valence-electron chi connectivity index (χ0n) is 13.9. The van der Waals surface area contributed by atoms with Gasteiger partial charge in [-0.1, -0.05) is 61.3 Å². The first kappa shape index (κ1) is 16.3. The molecule has 0 fully saturated rings. The average molecular weight is 367 g/mol. The van der Waals surface area contributed by atoms with Gasteiger partial charge in [0.25, 0.3) is 0 Å². The number of aromatic nitrogens is 2. The zero-order valence-corrected chi connectivity index (χ0v) is 15.4. The molecule has 0 atom stereocenters. The molecule has 0 aliphatic rings. The van der Waals surface area contributed by atoms with Gasteiger partial charge in [-0.05, 0) is 47.4 Å². The second-order valence-corrected chi connectivity index (χ2v) is 7.19. The minimum absolute atomic E-state index is 0.359. The average Bonchev–Trinajstić information content (AvgIpc) is 2.59. The number of fused-ring (bicyclic) bond motifs is 2. The first-order valence-corrected chi connectivity index (χ1v) is 8.94. The van der Waals surface area contributed by atoms with Gasteiger partial charge < -0.3 is 0 Å². The lowest BCUT2D eigenvalue weighted by Crippen LogP contribution is -1.94. The van der Waals surface area contributed by atoms with Crippen LogP contribution in [-0.2, 0) is 0 Å². The Morgan fingerprint density at radius 2 is 1.64 bits per heavy atom. The summed E-state index contributed by atoms with van der Waals surface area (Å²) in [5.74, 6) is 0.359. The van der Waals surface area contributed by atoms with E-state index in [1.54, 1.807) is 0 Å². The monoisotopic (exact) mass is 366 g/mol. The highest BCUT2D eigenvalue weighted by Gasteiger charge is 2.13. The minimum atomic E-state index is 0.359. The van der Waals surface area contributed by atoms with Crippen molar-refractivity contribution in [3.05, 3.63) is 70.5 Å². The second kappa shape index (κ2) is 6.29. The van der Waals surface area contributed by atoms with E-state index < -0.39 is 0 Å². The molecule has 0 bridgehead atoms. The molecular weight excluding hydrogens is 351 g/mol. The lowest BCUT2D eigenvalue weighted by atomic mass is 9.93. The van der Waals surface area contributed by atoms with Gasteiger partial charge in [0, 0.05) is 16.3 Å². The third kappa shape index (κ3) is 2.97. The van der Waals surface area contributed by atoms with Crippen molar-refractivity contribution < 1.29 is 0 Å². The van der Waals surface area contributed by atoms with Crippen LogP contribution in [0.1, 0.15) is 25.3 Å². The molecule has 0 aliphatic carbocycles. The third-order valence-corrected chi connectivity index (χ3v) is 4.91. The van der Waals surface area contributed by atoms with Crippen molar-refractivity contribution in [1.29, 1.82) is 0 Å². The maximum absolute atomic E-state index is 6.49. The first-order valence-electron chi connectivity index (χ1n) is 8.19. The van der Waals surface area contributed by atoms with Crippen LogP contribution < -0.4 is 0 Å². The Hall–Kier alpha value is -2.16. The molecule has 4 rings (SSSR count). The molecule has 0 radical (unpaired) electrons. The highest BCUT2D eigenvalue weighted by molar-refractivity contribution is 6.32. The maximum Gasteiger partial charge on any atom is 0.137 e. The SMILES string of the molecule is CC(C)c1cc(-c2cc3ccccc3nc2Cl)cc2nc(Cl)ccc12. The summed E-state index contributed by atoms with van der Waals surface area (Å²) >= 11 is 12.6. The largest absolute Gasteiger partial charge is 0.236 e. The molecule has 0 saturated heterocycles. The molecule has 0 amide bonds. The van der Waals surface area contributed by atoms with Crippen molar-refractivity contribution in [1.82, 2.24) is 9.97 Å². The lowest BCUT2D eigenvalue weighted by molar-refractivity contribution is 0.876. The number of pyridine rings is 2. The van der Waals surface area contributed by atoms with E-state index >= 15 is 0 Å². The van der Waals surface area contributed by atoms with Crippen molar-refractivity contribution in [3.63, 3.8) is 0 Å². The van der Waals surface area contributed by atoms with E-state index in [-0.39, 0.29) is 0 Å². The van der Waals surface area contributed by atoms with E-state index in [2.05, 4.69) is 35.9 Å². The van der Waals surface area contributed by atoms with Gasteiger partial charge in [-0.25, -0.2) is 9.97 Å². The van der Waals surface area contributed by atoms with Gasteiger partial charge in [0.05, 0.1) is 11.0 Å². The smallest absolute Gasteiger partial charge is 0.137 e. The highest BCUT2D eigenvalue weighted by atomic mass is 35.5. The van der Waals surface area contributed by atoms with Gasteiger partial charge in [0.15, 0.2) is 0 Å². The summed E-state index contributed by atoms with van der Waals surface area (Å²) in [5.41, 5.74) is 4.90. The fourth-order valence-corrected chi connectivity index (χ4v) is 3.58. The van der Waals surface area contributed by atoms with Crippen molar-refractivity contribution in [2.24, 2.45) is 0 Å². The predicted octanol–water partition coefficient (Wildman–Crippen LogP) is 6.88. The molecule has 124 valence electrons. The van der Waals surface area contributed by atoms with Gasteiger partial charge >= 0.3 is 0 Å². The first-order chi connectivity index (χ1) is 12.0. The number of hydrogen-bond acceptors (Lipinski definition) is 2. The fourth-order valence-electron chi connectivity index (χ4n) is 3.17. The Balaban J connectivity index is 2.02. The summed E-state index contributed by atoms with van der Waals surface area (Å²) in [7, 11) is 0. The van der Waals surface area contributed by atoms with E-state index in [9.17, 15) is 0 Å². The summed E-state index contributed by atoms with van der Waals surface area (Å²) in [6.45, 7) is 4.35. The van der Waals surface area contributed by atoms with Gasteiger partial charge in [-0.2, -0.15) is 0 Å². The summed E-state index contributed by atoms with van der Waals surface area (Å²) in [5, 5.41) is 3.16. The molecule has 0 spiro atoms. The van der Waals surface area contributed by atoms with Gasteiger partial charge in [0.1, 0.15) is 10.3 Å². The quantitative estimate of drug-likeness (QED) is 0.361. The van der Waals surface area contributed by atoms with Gasteiger partial charge in [-0.15, -0.1) is 0 Å². The van der Waals surface area contributed by atoms with Crippen molar-refractivity contribution in [3.8, 4) is 11.1 Å². The van der Waals surface area contributed by atoms with Crippen LogP contribution in [0.15, 0.2) is 54.6 Å². The molecule has 0 N–H and O–H groups in total. The van der Waals surface area contributed by atoms with Crippen LogP contribution >= 0.6 is 23.2 Å². The molecule has 4 aromatic rings. The number of para-hydroxylation sites is 1. The van der Waals surface area contributed by atoms with Gasteiger partial charge in [-0.3, -0.25) is 0 Å². The van der Waals surface area contributed by atoms with Gasteiger partial charge in [0.2, 0.25) is 0 Å². The van der Waals surface area contributed by atoms with Crippen LogP contribution in [0.2, 0.25) is 10.3 Å². The molecule has 0 aliphatic heterocycles. The van der Waals surface area contributed by atoms with Crippen LogP contribution in [0.25, 0.3) is 32.9 Å². The summed E-state index contributed by atoms with van der Waals surface area (Å²) in [6, 6.07) is 18.1. The van der Waals surface area contributed by atoms with E-state index in [0.29, 0.717) is 16.2 Å². The minimum Gasteiger partial charge on any atom is -0.236 e. The standard InChI is InChI=1S/C21H16Cl2N2/c1-12(2)16-10-14(11-19-15(16)7-8-20(22)24-19)17-9-13-5-3-4-6-18(13)25-21(17)23/h3-12H,1-2H3. The Morgan fingerprint density at radius 3 is 2.44 bits per heavy atom. The van der Waals surface area contributed by atoms with Crippen LogP contribution in [0, 0.1) is 0 Å². The molecule has 4 heteroatoms. The van der Waals surface area contributed by atoms with Crippen LogP contribution in [0.5, 0.6) is 0 Å². The molecular formula is C21H16Cl2N2. The Labute approximate surface area is 156 Å². The number of halogens is 2. The molecule has 25 heavy (non-hydrogen) atoms. The van der Waals surface area contributed by atoms with E-state index in [1.165, 1.54) is 5.56 Å². The summed E-state index contributed by atoms with van der Waals surface area (Å²) < 4.78 is 0. The van der Waals surface area contributed by atoms with E-state index in [4.69, 9.17) is 23.2 Å². The molecule has 2 aromatic carbocycles. The van der Waals surface area contributed by atoms with Crippen LogP contribution in [-0.4, -0.2) is 9.97 Å². The number of nitrogens with zero attached hydrogens (tertiary/aromatic N) is 2. The van der Waals surface area contributed by atoms with Crippen LogP contribution in [0.3, 0.4) is 0 Å². The van der Waals surface area contributed by atoms with Crippen molar-refractivity contribution >= 4 is 45.0 Å². The topological polar surface area (TPSA) is 25.8 Å². The molecule has 0 unspecified atom stereocenters. The normalized spacial score (nSPS) is 11.6. The molecule has 2 nitrogen and oxygen atoms in total. The third-order valence-electron chi connectivity index (χ3n) is 4.42. The highest BCUT2D eigenvalue weighted by Crippen LogP contribution is 2.35.